The van der Waals surface area contributed by atoms with E-state index in [0.717, 1.165) is 45.7 Å². The molecule has 2 aromatic rings. The molecule has 5 heteroatoms. The average molecular weight is 393 g/mol. The standard InChI is InChI=1S/C21H26Cl2N2O/c1-2-19(26-21-9-8-18(22)14-20(21)23)16-25-12-10-24(11-13-25)15-17-6-4-3-5-7-17/h3-9,14,19H,2,10-13,15-16H2,1H3. The topological polar surface area (TPSA) is 15.7 Å². The van der Waals surface area contributed by atoms with Crippen molar-refractivity contribution in [3.05, 3.63) is 64.1 Å². The van der Waals surface area contributed by atoms with Gasteiger partial charge in [0.15, 0.2) is 0 Å². The van der Waals surface area contributed by atoms with E-state index in [9.17, 15) is 0 Å². The van der Waals surface area contributed by atoms with Crippen LogP contribution in [-0.2, 0) is 6.54 Å². The molecule has 0 bridgehead atoms. The molecule has 2 aromatic carbocycles. The lowest BCUT2D eigenvalue weighted by atomic mass is 10.2. The van der Waals surface area contributed by atoms with Gasteiger partial charge < -0.3 is 4.74 Å². The van der Waals surface area contributed by atoms with Crippen LogP contribution in [0.15, 0.2) is 48.5 Å². The van der Waals surface area contributed by atoms with E-state index in [2.05, 4.69) is 47.1 Å². The number of nitrogens with zero attached hydrogens (tertiary/aromatic N) is 2. The third-order valence-electron chi connectivity index (χ3n) is 4.82. The summed E-state index contributed by atoms with van der Waals surface area (Å²) in [6.45, 7) is 8.43. The van der Waals surface area contributed by atoms with Gasteiger partial charge in [-0.1, -0.05) is 60.5 Å². The molecule has 1 saturated heterocycles. The molecular formula is C21H26Cl2N2O. The molecule has 1 aliphatic heterocycles. The molecule has 3 nitrogen and oxygen atoms in total. The number of benzene rings is 2. The summed E-state index contributed by atoms with van der Waals surface area (Å²) in [4.78, 5) is 5.00. The third-order valence-corrected chi connectivity index (χ3v) is 5.35. The van der Waals surface area contributed by atoms with Crippen LogP contribution in [0, 0.1) is 0 Å². The smallest absolute Gasteiger partial charge is 0.138 e. The van der Waals surface area contributed by atoms with Crippen LogP contribution in [0.4, 0.5) is 0 Å². The number of halogens is 2. The van der Waals surface area contributed by atoms with Gasteiger partial charge in [-0.25, -0.2) is 0 Å². The van der Waals surface area contributed by atoms with Gasteiger partial charge in [-0.15, -0.1) is 0 Å². The first kappa shape index (κ1) is 19.5. The second-order valence-corrected chi connectivity index (χ2v) is 7.63. The quantitative estimate of drug-likeness (QED) is 0.661. The van der Waals surface area contributed by atoms with E-state index < -0.39 is 0 Å². The predicted molar refractivity (Wildman–Crippen MR) is 109 cm³/mol. The number of piperazine rings is 1. The summed E-state index contributed by atoms with van der Waals surface area (Å²) in [7, 11) is 0. The van der Waals surface area contributed by atoms with Crippen molar-refractivity contribution in [2.45, 2.75) is 26.0 Å². The fourth-order valence-electron chi connectivity index (χ4n) is 3.26. The second-order valence-electron chi connectivity index (χ2n) is 6.79. The zero-order valence-electron chi connectivity index (χ0n) is 15.2. The van der Waals surface area contributed by atoms with Crippen molar-refractivity contribution in [3.63, 3.8) is 0 Å². The number of hydrogen-bond acceptors (Lipinski definition) is 3. The Hall–Kier alpha value is -1.26. The zero-order chi connectivity index (χ0) is 18.4. The van der Waals surface area contributed by atoms with Crippen molar-refractivity contribution >= 4 is 23.2 Å². The van der Waals surface area contributed by atoms with Crippen LogP contribution >= 0.6 is 23.2 Å². The highest BCUT2D eigenvalue weighted by atomic mass is 35.5. The maximum Gasteiger partial charge on any atom is 0.138 e. The summed E-state index contributed by atoms with van der Waals surface area (Å²) in [5.74, 6) is 0.714. The van der Waals surface area contributed by atoms with E-state index in [4.69, 9.17) is 27.9 Å². The molecule has 0 radical (unpaired) electrons. The van der Waals surface area contributed by atoms with E-state index in [1.54, 1.807) is 6.07 Å². The summed E-state index contributed by atoms with van der Waals surface area (Å²) in [5, 5.41) is 1.20. The van der Waals surface area contributed by atoms with E-state index in [-0.39, 0.29) is 6.10 Å². The molecular weight excluding hydrogens is 367 g/mol. The van der Waals surface area contributed by atoms with Crippen LogP contribution < -0.4 is 4.74 Å². The van der Waals surface area contributed by atoms with Gasteiger partial charge in [0.2, 0.25) is 0 Å². The van der Waals surface area contributed by atoms with Crippen molar-refractivity contribution in [2.75, 3.05) is 32.7 Å². The van der Waals surface area contributed by atoms with E-state index in [1.807, 2.05) is 12.1 Å². The first-order valence-corrected chi connectivity index (χ1v) is 10.00. The van der Waals surface area contributed by atoms with Crippen LogP contribution in [0.2, 0.25) is 10.0 Å². The van der Waals surface area contributed by atoms with Crippen molar-refractivity contribution in [2.24, 2.45) is 0 Å². The Labute approximate surface area is 166 Å². The van der Waals surface area contributed by atoms with Crippen LogP contribution in [0.5, 0.6) is 5.75 Å². The largest absolute Gasteiger partial charge is 0.488 e. The maximum atomic E-state index is 6.24. The molecule has 0 amide bonds. The Morgan fingerprint density at radius 3 is 2.31 bits per heavy atom. The van der Waals surface area contributed by atoms with Crippen LogP contribution in [0.25, 0.3) is 0 Å². The lowest BCUT2D eigenvalue weighted by molar-refractivity contribution is 0.0795. The highest BCUT2D eigenvalue weighted by Crippen LogP contribution is 2.28. The summed E-state index contributed by atoms with van der Waals surface area (Å²) < 4.78 is 6.13. The Morgan fingerprint density at radius 2 is 1.65 bits per heavy atom. The van der Waals surface area contributed by atoms with Gasteiger partial charge >= 0.3 is 0 Å². The molecule has 1 fully saturated rings. The highest BCUT2D eigenvalue weighted by molar-refractivity contribution is 6.35. The summed E-state index contributed by atoms with van der Waals surface area (Å²) in [6.07, 6.45) is 1.08. The van der Waals surface area contributed by atoms with Crippen molar-refractivity contribution in [3.8, 4) is 5.75 Å². The normalized spacial score (nSPS) is 17.2. The predicted octanol–water partition coefficient (Wildman–Crippen LogP) is 4.97. The van der Waals surface area contributed by atoms with E-state index >= 15 is 0 Å². The number of rotatable bonds is 7. The molecule has 1 atom stereocenters. The fraction of sp³-hybridized carbons (Fsp3) is 0.429. The van der Waals surface area contributed by atoms with E-state index in [0.29, 0.717) is 15.8 Å². The fourth-order valence-corrected chi connectivity index (χ4v) is 3.71. The van der Waals surface area contributed by atoms with Crippen molar-refractivity contribution in [1.29, 1.82) is 0 Å². The van der Waals surface area contributed by atoms with Crippen LogP contribution in [0.1, 0.15) is 18.9 Å². The Morgan fingerprint density at radius 1 is 0.962 bits per heavy atom. The lowest BCUT2D eigenvalue weighted by Crippen LogP contribution is -2.48. The molecule has 0 aromatic heterocycles. The average Bonchev–Trinajstić information content (AvgIpc) is 2.65. The van der Waals surface area contributed by atoms with Crippen molar-refractivity contribution < 1.29 is 4.74 Å². The van der Waals surface area contributed by atoms with Gasteiger partial charge in [-0.05, 0) is 30.2 Å². The molecule has 1 heterocycles. The molecule has 0 aliphatic carbocycles. The molecule has 0 N–H and O–H groups in total. The third kappa shape index (κ3) is 5.62. The van der Waals surface area contributed by atoms with Crippen LogP contribution in [-0.4, -0.2) is 48.6 Å². The van der Waals surface area contributed by atoms with Gasteiger partial charge in [0, 0.05) is 44.3 Å². The number of ether oxygens (including phenoxy) is 1. The monoisotopic (exact) mass is 392 g/mol. The lowest BCUT2D eigenvalue weighted by Gasteiger charge is -2.36. The highest BCUT2D eigenvalue weighted by Gasteiger charge is 2.21. The first-order valence-electron chi connectivity index (χ1n) is 9.24. The minimum atomic E-state index is 0.134. The van der Waals surface area contributed by atoms with Crippen molar-refractivity contribution in [1.82, 2.24) is 9.80 Å². The Balaban J connectivity index is 1.48. The molecule has 3 rings (SSSR count). The molecule has 0 saturated carbocycles. The van der Waals surface area contributed by atoms with Gasteiger partial charge in [-0.3, -0.25) is 9.80 Å². The Kier molecular flexibility index (Phi) is 7.21. The SMILES string of the molecule is CCC(CN1CCN(Cc2ccccc2)CC1)Oc1ccc(Cl)cc1Cl. The van der Waals surface area contributed by atoms with Crippen LogP contribution in [0.3, 0.4) is 0 Å². The molecule has 140 valence electrons. The minimum Gasteiger partial charge on any atom is -0.488 e. The first-order chi connectivity index (χ1) is 12.6. The van der Waals surface area contributed by atoms with Gasteiger partial charge in [0.25, 0.3) is 0 Å². The van der Waals surface area contributed by atoms with Gasteiger partial charge in [-0.2, -0.15) is 0 Å². The zero-order valence-corrected chi connectivity index (χ0v) is 16.7. The molecule has 26 heavy (non-hydrogen) atoms. The maximum absolute atomic E-state index is 6.24. The molecule has 1 aliphatic rings. The Bertz CT molecular complexity index is 688. The van der Waals surface area contributed by atoms with Gasteiger partial charge in [0.1, 0.15) is 11.9 Å². The summed E-state index contributed by atoms with van der Waals surface area (Å²) in [6, 6.07) is 16.1. The van der Waals surface area contributed by atoms with E-state index in [1.165, 1.54) is 5.56 Å². The summed E-state index contributed by atoms with van der Waals surface area (Å²) >= 11 is 12.2. The molecule has 1 unspecified atom stereocenters. The minimum absolute atomic E-state index is 0.134. The second kappa shape index (κ2) is 9.61. The van der Waals surface area contributed by atoms with Gasteiger partial charge in [0.05, 0.1) is 5.02 Å². The molecule has 0 spiro atoms. The number of hydrogen-bond donors (Lipinski definition) is 0. The summed E-state index contributed by atoms with van der Waals surface area (Å²) in [5.41, 5.74) is 1.38.